The summed E-state index contributed by atoms with van der Waals surface area (Å²) < 4.78 is 36.9. The molecule has 0 aliphatic heterocycles. The topological polar surface area (TPSA) is 36.4 Å². The van der Waals surface area contributed by atoms with Gasteiger partial charge in [-0.2, -0.15) is 13.2 Å². The van der Waals surface area contributed by atoms with Crippen LogP contribution in [0.25, 0.3) is 0 Å². The van der Waals surface area contributed by atoms with Gasteiger partial charge in [-0.15, -0.1) is 0 Å². The second-order valence-corrected chi connectivity index (χ2v) is 3.79. The molecule has 96 valence electrons. The molecule has 1 N–H and O–H groups in total. The molecule has 1 aromatic rings. The lowest BCUT2D eigenvalue weighted by Gasteiger charge is -2.23. The van der Waals surface area contributed by atoms with E-state index >= 15 is 0 Å². The van der Waals surface area contributed by atoms with Crippen molar-refractivity contribution in [3.8, 4) is 0 Å². The molecule has 0 fully saturated rings. The summed E-state index contributed by atoms with van der Waals surface area (Å²) in [5.74, 6) is 0.151. The Morgan fingerprint density at radius 1 is 1.41 bits per heavy atom. The molecule has 0 saturated carbocycles. The highest BCUT2D eigenvalue weighted by Crippen LogP contribution is 2.23. The molecule has 7 heteroatoms. The Bertz CT molecular complexity index is 384. The Balaban J connectivity index is 2.96. The summed E-state index contributed by atoms with van der Waals surface area (Å²) in [4.78, 5) is 4.96. The van der Waals surface area contributed by atoms with Gasteiger partial charge in [0.15, 0.2) is 0 Å². The average Bonchev–Trinajstić information content (AvgIpc) is 2.25. The fourth-order valence-corrected chi connectivity index (χ4v) is 1.50. The van der Waals surface area contributed by atoms with E-state index in [1.54, 1.807) is 6.92 Å². The van der Waals surface area contributed by atoms with E-state index < -0.39 is 19.3 Å². The summed E-state index contributed by atoms with van der Waals surface area (Å²) in [5.41, 5.74) is 0.171. The number of hydrogen-bond acceptors (Lipinski definition) is 3. The number of aromatic nitrogens is 1. The number of pyridine rings is 1. The van der Waals surface area contributed by atoms with Gasteiger partial charge in [-0.3, -0.25) is 0 Å². The summed E-state index contributed by atoms with van der Waals surface area (Å²) in [6, 6.07) is 2.82. The molecule has 3 nitrogen and oxygen atoms in total. The Hall–Kier alpha value is -1.01. The van der Waals surface area contributed by atoms with Gasteiger partial charge in [0.25, 0.3) is 0 Å². The quantitative estimate of drug-likeness (QED) is 0.912. The molecule has 0 aliphatic rings. The van der Waals surface area contributed by atoms with Gasteiger partial charge in [-0.25, -0.2) is 4.98 Å². The zero-order valence-corrected chi connectivity index (χ0v) is 9.89. The van der Waals surface area contributed by atoms with E-state index in [0.717, 1.165) is 4.90 Å². The number of aliphatic hydroxyl groups excluding tert-OH is 1. The van der Waals surface area contributed by atoms with Gasteiger partial charge in [0, 0.05) is 6.54 Å². The van der Waals surface area contributed by atoms with Crippen molar-refractivity contribution in [2.24, 2.45) is 0 Å². The van der Waals surface area contributed by atoms with Crippen LogP contribution in [0, 0.1) is 0 Å². The van der Waals surface area contributed by atoms with Crippen molar-refractivity contribution in [3.05, 3.63) is 22.8 Å². The van der Waals surface area contributed by atoms with Crippen LogP contribution in [0.1, 0.15) is 12.6 Å². The van der Waals surface area contributed by atoms with Crippen molar-refractivity contribution in [3.63, 3.8) is 0 Å². The molecule has 0 unspecified atom stereocenters. The van der Waals surface area contributed by atoms with E-state index in [4.69, 9.17) is 16.7 Å². The predicted molar refractivity (Wildman–Crippen MR) is 59.1 cm³/mol. The Morgan fingerprint density at radius 3 is 2.53 bits per heavy atom. The maximum atomic E-state index is 12.3. The molecule has 0 amide bonds. The first-order chi connectivity index (χ1) is 7.87. The Labute approximate surface area is 102 Å². The summed E-state index contributed by atoms with van der Waals surface area (Å²) >= 11 is 5.71. The molecule has 0 bridgehead atoms. The first kappa shape index (κ1) is 14.1. The normalized spacial score (nSPS) is 11.6. The van der Waals surface area contributed by atoms with Crippen LogP contribution < -0.4 is 4.90 Å². The smallest absolute Gasteiger partial charge is 0.390 e. The van der Waals surface area contributed by atoms with Crippen molar-refractivity contribution in [1.82, 2.24) is 4.98 Å². The standard InChI is InChI=1S/C10H12ClF3N2O/c1-2-16(6-10(12,13)14)9-4-3-7(11)8(5-17)15-9/h3-4,17H,2,5-6H2,1H3. The van der Waals surface area contributed by atoms with Crippen LogP contribution in [0.4, 0.5) is 19.0 Å². The highest BCUT2D eigenvalue weighted by Gasteiger charge is 2.30. The number of alkyl halides is 3. The third kappa shape index (κ3) is 4.05. The first-order valence-electron chi connectivity index (χ1n) is 4.95. The molecule has 0 saturated heterocycles. The summed E-state index contributed by atoms with van der Waals surface area (Å²) in [7, 11) is 0. The van der Waals surface area contributed by atoms with Gasteiger partial charge in [0.2, 0.25) is 0 Å². The molecule has 1 rings (SSSR count). The molecule has 1 heterocycles. The van der Waals surface area contributed by atoms with E-state index in [0.29, 0.717) is 0 Å². The number of halogens is 4. The fraction of sp³-hybridized carbons (Fsp3) is 0.500. The molecule has 0 atom stereocenters. The zero-order valence-electron chi connectivity index (χ0n) is 9.13. The van der Waals surface area contributed by atoms with Crippen molar-refractivity contribution < 1.29 is 18.3 Å². The van der Waals surface area contributed by atoms with Crippen LogP contribution in [-0.2, 0) is 6.61 Å². The summed E-state index contributed by atoms with van der Waals surface area (Å²) in [6.45, 7) is 0.277. The summed E-state index contributed by atoms with van der Waals surface area (Å²) in [6.07, 6.45) is -4.29. The highest BCUT2D eigenvalue weighted by atomic mass is 35.5. The molecule has 1 aromatic heterocycles. The van der Waals surface area contributed by atoms with Crippen molar-refractivity contribution in [1.29, 1.82) is 0 Å². The lowest BCUT2D eigenvalue weighted by atomic mass is 10.3. The van der Waals surface area contributed by atoms with Crippen LogP contribution in [0.5, 0.6) is 0 Å². The highest BCUT2D eigenvalue weighted by molar-refractivity contribution is 6.31. The van der Waals surface area contributed by atoms with Crippen LogP contribution in [0.2, 0.25) is 5.02 Å². The zero-order chi connectivity index (χ0) is 13.1. The van der Waals surface area contributed by atoms with Gasteiger partial charge >= 0.3 is 6.18 Å². The molecule has 0 aliphatic carbocycles. The minimum absolute atomic E-state index is 0.151. The number of hydrogen-bond donors (Lipinski definition) is 1. The van der Waals surface area contributed by atoms with Crippen LogP contribution in [0.3, 0.4) is 0 Å². The van der Waals surface area contributed by atoms with E-state index in [-0.39, 0.29) is 23.1 Å². The third-order valence-corrected chi connectivity index (χ3v) is 2.47. The molecular weight excluding hydrogens is 257 g/mol. The van der Waals surface area contributed by atoms with E-state index in [2.05, 4.69) is 4.98 Å². The largest absolute Gasteiger partial charge is 0.405 e. The second kappa shape index (κ2) is 5.55. The Morgan fingerprint density at radius 2 is 2.06 bits per heavy atom. The van der Waals surface area contributed by atoms with Crippen LogP contribution in [0.15, 0.2) is 12.1 Å². The van der Waals surface area contributed by atoms with Crippen LogP contribution >= 0.6 is 11.6 Å². The van der Waals surface area contributed by atoms with Crippen molar-refractivity contribution >= 4 is 17.4 Å². The van der Waals surface area contributed by atoms with Gasteiger partial charge in [-0.1, -0.05) is 11.6 Å². The second-order valence-electron chi connectivity index (χ2n) is 3.39. The van der Waals surface area contributed by atoms with Gasteiger partial charge in [-0.05, 0) is 19.1 Å². The number of rotatable bonds is 4. The molecule has 17 heavy (non-hydrogen) atoms. The Kier molecular flexibility index (Phi) is 4.59. The van der Waals surface area contributed by atoms with Crippen molar-refractivity contribution in [2.45, 2.75) is 19.7 Å². The lowest BCUT2D eigenvalue weighted by Crippen LogP contribution is -2.34. The fourth-order valence-electron chi connectivity index (χ4n) is 1.33. The van der Waals surface area contributed by atoms with Gasteiger partial charge in [0.05, 0.1) is 17.3 Å². The molecule has 0 aromatic carbocycles. The first-order valence-corrected chi connectivity index (χ1v) is 5.33. The lowest BCUT2D eigenvalue weighted by molar-refractivity contribution is -0.119. The monoisotopic (exact) mass is 268 g/mol. The van der Waals surface area contributed by atoms with Crippen LogP contribution in [-0.4, -0.2) is 29.4 Å². The SMILES string of the molecule is CCN(CC(F)(F)F)c1ccc(Cl)c(CO)n1. The minimum atomic E-state index is -4.29. The molecule has 0 spiro atoms. The predicted octanol–water partition coefficient (Wildman–Crippen LogP) is 2.62. The maximum absolute atomic E-state index is 12.3. The minimum Gasteiger partial charge on any atom is -0.390 e. The number of nitrogens with zero attached hydrogens (tertiary/aromatic N) is 2. The number of aliphatic hydroxyl groups is 1. The van der Waals surface area contributed by atoms with Gasteiger partial charge < -0.3 is 10.0 Å². The van der Waals surface area contributed by atoms with E-state index in [9.17, 15) is 13.2 Å². The molecule has 0 radical (unpaired) electrons. The van der Waals surface area contributed by atoms with E-state index in [1.165, 1.54) is 12.1 Å². The van der Waals surface area contributed by atoms with Crippen molar-refractivity contribution in [2.75, 3.05) is 18.0 Å². The molecular formula is C10H12ClF3N2O. The van der Waals surface area contributed by atoms with Gasteiger partial charge in [0.1, 0.15) is 12.4 Å². The summed E-state index contributed by atoms with van der Waals surface area (Å²) in [5, 5.41) is 9.18. The number of anilines is 1. The average molecular weight is 269 g/mol. The van der Waals surface area contributed by atoms with E-state index in [1.807, 2.05) is 0 Å². The maximum Gasteiger partial charge on any atom is 0.405 e. The third-order valence-electron chi connectivity index (χ3n) is 2.13.